The Kier molecular flexibility index (Phi) is 4.95. The summed E-state index contributed by atoms with van der Waals surface area (Å²) in [4.78, 5) is 13.6. The molecule has 0 aromatic heterocycles. The molecule has 4 nitrogen and oxygen atoms in total. The number of hydrogen-bond acceptors (Lipinski definition) is 3. The molecular weight excluding hydrogens is 216 g/mol. The molecule has 1 fully saturated rings. The van der Waals surface area contributed by atoms with E-state index in [-0.39, 0.29) is 11.8 Å². The van der Waals surface area contributed by atoms with Gasteiger partial charge in [0.2, 0.25) is 5.91 Å². The summed E-state index contributed by atoms with van der Waals surface area (Å²) >= 11 is 0. The molecule has 4 heteroatoms. The normalized spacial score (nSPS) is 20.2. The monoisotopic (exact) mass is 242 g/mol. The Morgan fingerprint density at radius 3 is 2.41 bits per heavy atom. The minimum Gasteiger partial charge on any atom is -0.386 e. The van der Waals surface area contributed by atoms with Crippen LogP contribution in [0.3, 0.4) is 0 Å². The van der Waals surface area contributed by atoms with Crippen molar-refractivity contribution in [1.82, 2.24) is 4.90 Å². The summed E-state index contributed by atoms with van der Waals surface area (Å²) in [5, 5.41) is 10.1. The largest absolute Gasteiger partial charge is 0.386 e. The molecule has 0 spiro atoms. The third-order valence-electron chi connectivity index (χ3n) is 3.87. The van der Waals surface area contributed by atoms with Gasteiger partial charge in [0.25, 0.3) is 0 Å². The molecule has 0 radical (unpaired) electrons. The van der Waals surface area contributed by atoms with E-state index in [1.54, 1.807) is 4.90 Å². The van der Waals surface area contributed by atoms with Gasteiger partial charge in [-0.25, -0.2) is 0 Å². The maximum atomic E-state index is 11.8. The lowest BCUT2D eigenvalue weighted by Gasteiger charge is -2.49. The van der Waals surface area contributed by atoms with Gasteiger partial charge in [-0.1, -0.05) is 20.8 Å². The maximum Gasteiger partial charge on any atom is 0.222 e. The Hall–Kier alpha value is -0.610. The average molecular weight is 242 g/mol. The van der Waals surface area contributed by atoms with E-state index in [2.05, 4.69) is 6.92 Å². The molecule has 1 aliphatic rings. The standard InChI is InChI=1S/C13H26N2O2/c1-10(2)13(17)8-15(9-13)12(16)5-4-11(3)6-7-14/h10-11,17H,4-9,14H2,1-3H3. The number of β-amino-alcohol motifs (C(OH)–C–C–N with tert-alkyl or cyclic N) is 1. The van der Waals surface area contributed by atoms with Gasteiger partial charge in [-0.3, -0.25) is 4.79 Å². The smallest absolute Gasteiger partial charge is 0.222 e. The molecule has 1 atom stereocenters. The van der Waals surface area contributed by atoms with Crippen LogP contribution in [0.25, 0.3) is 0 Å². The predicted molar refractivity (Wildman–Crippen MR) is 68.4 cm³/mol. The van der Waals surface area contributed by atoms with Crippen LogP contribution in [-0.4, -0.2) is 41.1 Å². The van der Waals surface area contributed by atoms with Crippen molar-refractivity contribution in [3.63, 3.8) is 0 Å². The molecule has 1 rings (SSSR count). The van der Waals surface area contributed by atoms with Gasteiger partial charge < -0.3 is 15.7 Å². The Balaban J connectivity index is 2.24. The second-order valence-corrected chi connectivity index (χ2v) is 5.73. The maximum absolute atomic E-state index is 11.8. The molecule has 0 saturated carbocycles. The van der Waals surface area contributed by atoms with Crippen molar-refractivity contribution < 1.29 is 9.90 Å². The van der Waals surface area contributed by atoms with Gasteiger partial charge in [-0.05, 0) is 31.2 Å². The Labute approximate surface area is 104 Å². The van der Waals surface area contributed by atoms with Gasteiger partial charge in [0, 0.05) is 6.42 Å². The molecule has 0 aromatic rings. The van der Waals surface area contributed by atoms with Crippen LogP contribution in [-0.2, 0) is 4.79 Å². The molecule has 1 aliphatic heterocycles. The zero-order chi connectivity index (χ0) is 13.1. The highest BCUT2D eigenvalue weighted by atomic mass is 16.3. The molecule has 1 amide bonds. The van der Waals surface area contributed by atoms with Gasteiger partial charge in [-0.2, -0.15) is 0 Å². The second-order valence-electron chi connectivity index (χ2n) is 5.73. The third kappa shape index (κ3) is 3.68. The summed E-state index contributed by atoms with van der Waals surface area (Å²) in [7, 11) is 0. The number of nitrogens with zero attached hydrogens (tertiary/aromatic N) is 1. The van der Waals surface area contributed by atoms with Crippen LogP contribution in [0.1, 0.15) is 40.0 Å². The Bertz CT molecular complexity index is 260. The lowest BCUT2D eigenvalue weighted by molar-refractivity contribution is -0.164. The minimum atomic E-state index is -0.654. The lowest BCUT2D eigenvalue weighted by Crippen LogP contribution is -2.65. The van der Waals surface area contributed by atoms with E-state index in [4.69, 9.17) is 5.73 Å². The summed E-state index contributed by atoms with van der Waals surface area (Å²) in [6, 6.07) is 0. The quantitative estimate of drug-likeness (QED) is 0.729. The van der Waals surface area contributed by atoms with Gasteiger partial charge in [-0.15, -0.1) is 0 Å². The number of amides is 1. The summed E-state index contributed by atoms with van der Waals surface area (Å²) in [5.41, 5.74) is 4.82. The van der Waals surface area contributed by atoms with E-state index in [1.807, 2.05) is 13.8 Å². The average Bonchev–Trinajstić information content (AvgIpc) is 2.21. The fraction of sp³-hybridized carbons (Fsp3) is 0.923. The first-order valence-corrected chi connectivity index (χ1v) is 6.59. The molecule has 0 aliphatic carbocycles. The van der Waals surface area contributed by atoms with Crippen LogP contribution in [0.15, 0.2) is 0 Å². The van der Waals surface area contributed by atoms with Gasteiger partial charge in [0.1, 0.15) is 5.60 Å². The fourth-order valence-electron chi connectivity index (χ4n) is 2.11. The lowest BCUT2D eigenvalue weighted by atomic mass is 9.82. The molecule has 1 unspecified atom stereocenters. The van der Waals surface area contributed by atoms with E-state index in [0.717, 1.165) is 12.8 Å². The number of likely N-dealkylation sites (tertiary alicyclic amines) is 1. The zero-order valence-electron chi connectivity index (χ0n) is 11.3. The van der Waals surface area contributed by atoms with Crippen molar-refractivity contribution >= 4 is 5.91 Å². The highest BCUT2D eigenvalue weighted by Crippen LogP contribution is 2.29. The summed E-state index contributed by atoms with van der Waals surface area (Å²) in [5.74, 6) is 0.885. The van der Waals surface area contributed by atoms with Crippen LogP contribution in [0, 0.1) is 11.8 Å². The highest BCUT2D eigenvalue weighted by Gasteiger charge is 2.45. The highest BCUT2D eigenvalue weighted by molar-refractivity contribution is 5.77. The first-order chi connectivity index (χ1) is 7.89. The first kappa shape index (κ1) is 14.5. The number of hydrogen-bond donors (Lipinski definition) is 2. The third-order valence-corrected chi connectivity index (χ3v) is 3.87. The first-order valence-electron chi connectivity index (χ1n) is 6.59. The van der Waals surface area contributed by atoms with Crippen molar-refractivity contribution in [3.8, 4) is 0 Å². The van der Waals surface area contributed by atoms with Gasteiger partial charge >= 0.3 is 0 Å². The molecule has 3 N–H and O–H groups in total. The Morgan fingerprint density at radius 2 is 1.94 bits per heavy atom. The topological polar surface area (TPSA) is 66.6 Å². The molecule has 17 heavy (non-hydrogen) atoms. The van der Waals surface area contributed by atoms with E-state index < -0.39 is 5.60 Å². The van der Waals surface area contributed by atoms with Crippen molar-refractivity contribution in [2.45, 2.75) is 45.6 Å². The molecular formula is C13H26N2O2. The van der Waals surface area contributed by atoms with Crippen molar-refractivity contribution in [3.05, 3.63) is 0 Å². The number of carbonyl (C=O) groups is 1. The van der Waals surface area contributed by atoms with E-state index in [0.29, 0.717) is 32.0 Å². The molecule has 100 valence electrons. The summed E-state index contributed by atoms with van der Waals surface area (Å²) in [6.07, 6.45) is 2.45. The molecule has 1 saturated heterocycles. The van der Waals surface area contributed by atoms with Crippen LogP contribution in [0.4, 0.5) is 0 Å². The number of rotatable bonds is 6. The predicted octanol–water partition coefficient (Wildman–Crippen LogP) is 0.981. The minimum absolute atomic E-state index is 0.166. The van der Waals surface area contributed by atoms with Crippen molar-refractivity contribution in [2.24, 2.45) is 17.6 Å². The van der Waals surface area contributed by atoms with Crippen LogP contribution in [0.2, 0.25) is 0 Å². The van der Waals surface area contributed by atoms with Crippen molar-refractivity contribution in [1.29, 1.82) is 0 Å². The van der Waals surface area contributed by atoms with Gasteiger partial charge in [0.15, 0.2) is 0 Å². The van der Waals surface area contributed by atoms with E-state index >= 15 is 0 Å². The fourth-order valence-corrected chi connectivity index (χ4v) is 2.11. The molecule has 1 heterocycles. The molecule has 0 bridgehead atoms. The van der Waals surface area contributed by atoms with Crippen LogP contribution in [0.5, 0.6) is 0 Å². The zero-order valence-corrected chi connectivity index (χ0v) is 11.3. The number of carbonyl (C=O) groups excluding carboxylic acids is 1. The number of nitrogens with two attached hydrogens (primary N) is 1. The van der Waals surface area contributed by atoms with Crippen molar-refractivity contribution in [2.75, 3.05) is 19.6 Å². The molecule has 0 aromatic carbocycles. The summed E-state index contributed by atoms with van der Waals surface area (Å²) in [6.45, 7) is 7.78. The van der Waals surface area contributed by atoms with E-state index in [9.17, 15) is 9.90 Å². The number of aliphatic hydroxyl groups is 1. The van der Waals surface area contributed by atoms with Crippen LogP contribution >= 0.6 is 0 Å². The van der Waals surface area contributed by atoms with Crippen LogP contribution < -0.4 is 5.73 Å². The van der Waals surface area contributed by atoms with E-state index in [1.165, 1.54) is 0 Å². The van der Waals surface area contributed by atoms with Gasteiger partial charge in [0.05, 0.1) is 13.1 Å². The Morgan fingerprint density at radius 1 is 1.35 bits per heavy atom. The second kappa shape index (κ2) is 5.83. The SMILES string of the molecule is CC(CCN)CCC(=O)N1CC(O)(C(C)C)C1. The summed E-state index contributed by atoms with van der Waals surface area (Å²) < 4.78 is 0.